The van der Waals surface area contributed by atoms with Crippen LogP contribution in [0.5, 0.6) is 0 Å². The molecule has 14 heavy (non-hydrogen) atoms. The van der Waals surface area contributed by atoms with Crippen molar-refractivity contribution in [2.75, 3.05) is 5.32 Å². The Morgan fingerprint density at radius 1 is 1.64 bits per heavy atom. The maximum absolute atomic E-state index is 11.4. The van der Waals surface area contributed by atoms with Gasteiger partial charge >= 0.3 is 0 Å². The van der Waals surface area contributed by atoms with E-state index in [1.165, 1.54) is 12.3 Å². The molecule has 2 N–H and O–H groups in total. The van der Waals surface area contributed by atoms with E-state index < -0.39 is 5.91 Å². The highest BCUT2D eigenvalue weighted by atomic mass is 16.5. The van der Waals surface area contributed by atoms with Crippen LogP contribution in [0.4, 0.5) is 5.95 Å². The van der Waals surface area contributed by atoms with Gasteiger partial charge in [-0.25, -0.2) is 0 Å². The van der Waals surface area contributed by atoms with E-state index in [4.69, 9.17) is 0 Å². The van der Waals surface area contributed by atoms with Crippen LogP contribution < -0.4 is 5.32 Å². The zero-order chi connectivity index (χ0) is 9.97. The number of hydrogen-bond acceptors (Lipinski definition) is 5. The molecule has 0 aliphatic heterocycles. The van der Waals surface area contributed by atoms with Gasteiger partial charge in [-0.05, 0) is 6.92 Å². The summed E-state index contributed by atoms with van der Waals surface area (Å²) in [4.78, 5) is 15.3. The number of aromatic amines is 1. The maximum atomic E-state index is 11.4. The van der Waals surface area contributed by atoms with Crippen LogP contribution in [0, 0.1) is 6.92 Å². The van der Waals surface area contributed by atoms with E-state index >= 15 is 0 Å². The van der Waals surface area contributed by atoms with Gasteiger partial charge in [-0.2, -0.15) is 4.98 Å². The molecule has 0 radical (unpaired) electrons. The number of rotatable bonds is 2. The number of H-pyrrole nitrogens is 1. The Hall–Kier alpha value is -2.18. The highest BCUT2D eigenvalue weighted by molar-refractivity contribution is 6.01. The number of amides is 1. The van der Waals surface area contributed by atoms with Crippen molar-refractivity contribution in [2.24, 2.45) is 0 Å². The van der Waals surface area contributed by atoms with Crippen molar-refractivity contribution in [1.29, 1.82) is 0 Å². The number of carbonyl (C=O) groups is 1. The number of carbonyl (C=O) groups excluding carboxylic acids is 1. The lowest BCUT2D eigenvalue weighted by molar-refractivity contribution is 0.101. The Balaban J connectivity index is 2.09. The molecular formula is C7H7N5O2. The van der Waals surface area contributed by atoms with Crippen molar-refractivity contribution in [3.8, 4) is 0 Å². The zero-order valence-corrected chi connectivity index (χ0v) is 7.31. The smallest absolute Gasteiger partial charge is 0.280 e. The first-order valence-electron chi connectivity index (χ1n) is 3.86. The fourth-order valence-corrected chi connectivity index (χ4v) is 0.894. The number of nitrogens with zero attached hydrogens (tertiary/aromatic N) is 3. The molecule has 0 spiro atoms. The molecule has 2 aromatic heterocycles. The average Bonchev–Trinajstić information content (AvgIpc) is 2.75. The third-order valence-electron chi connectivity index (χ3n) is 1.49. The molecule has 7 nitrogen and oxygen atoms in total. The molecule has 0 bridgehead atoms. The molecule has 2 rings (SSSR count). The van der Waals surface area contributed by atoms with Crippen molar-refractivity contribution in [2.45, 2.75) is 6.92 Å². The van der Waals surface area contributed by atoms with E-state index in [0.717, 1.165) is 0 Å². The minimum Gasteiger partial charge on any atom is -0.364 e. The van der Waals surface area contributed by atoms with Crippen LogP contribution >= 0.6 is 0 Å². The number of hydrogen-bond donors (Lipinski definition) is 2. The number of nitrogens with one attached hydrogen (secondary N) is 2. The van der Waals surface area contributed by atoms with Crippen LogP contribution in [0.1, 0.15) is 16.3 Å². The average molecular weight is 193 g/mol. The summed E-state index contributed by atoms with van der Waals surface area (Å²) in [7, 11) is 0. The minimum absolute atomic E-state index is 0.187. The predicted molar refractivity (Wildman–Crippen MR) is 45.6 cm³/mol. The summed E-state index contributed by atoms with van der Waals surface area (Å²) in [5, 5.41) is 12.3. The van der Waals surface area contributed by atoms with Gasteiger partial charge in [0.1, 0.15) is 12.1 Å². The van der Waals surface area contributed by atoms with Crippen molar-refractivity contribution in [3.05, 3.63) is 23.8 Å². The SMILES string of the molecule is Cc1nc(NC(=O)c2ccon2)n[nH]1. The van der Waals surface area contributed by atoms with E-state index in [0.29, 0.717) is 5.82 Å². The summed E-state index contributed by atoms with van der Waals surface area (Å²) in [5.41, 5.74) is 0.187. The molecule has 72 valence electrons. The Morgan fingerprint density at radius 3 is 3.07 bits per heavy atom. The topological polar surface area (TPSA) is 96.7 Å². The summed E-state index contributed by atoms with van der Waals surface area (Å²) in [6.45, 7) is 1.73. The van der Waals surface area contributed by atoms with Crippen LogP contribution in [-0.4, -0.2) is 26.2 Å². The molecule has 2 heterocycles. The second kappa shape index (κ2) is 3.29. The van der Waals surface area contributed by atoms with Gasteiger partial charge in [0.2, 0.25) is 5.95 Å². The summed E-state index contributed by atoms with van der Waals surface area (Å²) >= 11 is 0. The molecular weight excluding hydrogens is 186 g/mol. The van der Waals surface area contributed by atoms with Gasteiger partial charge in [-0.1, -0.05) is 5.16 Å². The monoisotopic (exact) mass is 193 g/mol. The molecule has 0 saturated heterocycles. The second-order valence-electron chi connectivity index (χ2n) is 2.58. The van der Waals surface area contributed by atoms with Gasteiger partial charge in [-0.15, -0.1) is 5.10 Å². The summed E-state index contributed by atoms with van der Waals surface area (Å²) in [6.07, 6.45) is 1.32. The van der Waals surface area contributed by atoms with Crippen molar-refractivity contribution >= 4 is 11.9 Å². The third kappa shape index (κ3) is 1.60. The lowest BCUT2D eigenvalue weighted by Crippen LogP contribution is -2.13. The van der Waals surface area contributed by atoms with Crippen LogP contribution in [0.15, 0.2) is 16.9 Å². The van der Waals surface area contributed by atoms with Crippen LogP contribution in [-0.2, 0) is 0 Å². The number of aromatic nitrogens is 4. The quantitative estimate of drug-likeness (QED) is 0.717. The van der Waals surface area contributed by atoms with Crippen molar-refractivity contribution < 1.29 is 9.32 Å². The van der Waals surface area contributed by atoms with E-state index in [2.05, 4.69) is 30.2 Å². The van der Waals surface area contributed by atoms with Gasteiger partial charge in [-0.3, -0.25) is 15.2 Å². The first-order valence-corrected chi connectivity index (χ1v) is 3.86. The van der Waals surface area contributed by atoms with E-state index in [1.54, 1.807) is 6.92 Å². The zero-order valence-electron chi connectivity index (χ0n) is 7.31. The first-order chi connectivity index (χ1) is 6.75. The van der Waals surface area contributed by atoms with Gasteiger partial charge in [0.05, 0.1) is 0 Å². The van der Waals surface area contributed by atoms with E-state index in [-0.39, 0.29) is 11.6 Å². The van der Waals surface area contributed by atoms with Crippen LogP contribution in [0.25, 0.3) is 0 Å². The van der Waals surface area contributed by atoms with Gasteiger partial charge in [0.15, 0.2) is 5.69 Å². The lowest BCUT2D eigenvalue weighted by Gasteiger charge is -1.94. The fourth-order valence-electron chi connectivity index (χ4n) is 0.894. The van der Waals surface area contributed by atoms with Gasteiger partial charge < -0.3 is 4.52 Å². The Bertz CT molecular complexity index is 433. The first kappa shape index (κ1) is 8.42. The van der Waals surface area contributed by atoms with Gasteiger partial charge in [0.25, 0.3) is 5.91 Å². The lowest BCUT2D eigenvalue weighted by atomic mass is 10.4. The fraction of sp³-hybridized carbons (Fsp3) is 0.143. The molecule has 0 atom stereocenters. The largest absolute Gasteiger partial charge is 0.364 e. The van der Waals surface area contributed by atoms with Crippen LogP contribution in [0.2, 0.25) is 0 Å². The summed E-state index contributed by atoms with van der Waals surface area (Å²) < 4.78 is 4.52. The maximum Gasteiger partial charge on any atom is 0.280 e. The molecule has 0 aromatic carbocycles. The highest BCUT2D eigenvalue weighted by Crippen LogP contribution is 2.01. The Labute approximate surface area is 78.5 Å². The molecule has 0 saturated carbocycles. The molecule has 0 fully saturated rings. The van der Waals surface area contributed by atoms with Gasteiger partial charge in [0, 0.05) is 6.07 Å². The minimum atomic E-state index is -0.405. The Morgan fingerprint density at radius 2 is 2.50 bits per heavy atom. The van der Waals surface area contributed by atoms with E-state index in [9.17, 15) is 4.79 Å². The molecule has 2 aromatic rings. The normalized spacial score (nSPS) is 10.1. The number of aryl methyl sites for hydroxylation is 1. The third-order valence-corrected chi connectivity index (χ3v) is 1.49. The van der Waals surface area contributed by atoms with Crippen molar-refractivity contribution in [3.63, 3.8) is 0 Å². The van der Waals surface area contributed by atoms with E-state index in [1.807, 2.05) is 0 Å². The second-order valence-corrected chi connectivity index (χ2v) is 2.58. The molecule has 1 amide bonds. The Kier molecular flexibility index (Phi) is 1.98. The van der Waals surface area contributed by atoms with Crippen molar-refractivity contribution in [1.82, 2.24) is 20.3 Å². The number of anilines is 1. The van der Waals surface area contributed by atoms with Crippen LogP contribution in [0.3, 0.4) is 0 Å². The molecule has 0 aliphatic carbocycles. The molecule has 0 aliphatic rings. The standard InChI is InChI=1S/C7H7N5O2/c1-4-8-7(11-10-4)9-6(13)5-2-3-14-12-5/h2-3H,1H3,(H2,8,9,10,11,13). The molecule has 0 unspecified atom stereocenters. The predicted octanol–water partition coefficient (Wildman–Crippen LogP) is 0.353. The summed E-state index contributed by atoms with van der Waals surface area (Å²) in [5.74, 6) is 0.439. The summed E-state index contributed by atoms with van der Waals surface area (Å²) in [6, 6.07) is 1.45. The molecule has 7 heteroatoms. The highest BCUT2D eigenvalue weighted by Gasteiger charge is 2.10.